The molecule has 0 amide bonds. The van der Waals surface area contributed by atoms with Crippen LogP contribution < -0.4 is 5.32 Å². The molecule has 1 atom stereocenters. The standard InChI is InChI=1S/C14H23N5/c1-5-19-14(8-11(2)17-19)13(15-3)7-6-12-9-16-18(4)10-12/h8-10,13,15H,5-7H2,1-4H3. The number of rotatable bonds is 6. The monoisotopic (exact) mass is 261 g/mol. The minimum atomic E-state index is 0.335. The first-order valence-corrected chi connectivity index (χ1v) is 6.83. The molecule has 0 saturated heterocycles. The zero-order valence-corrected chi connectivity index (χ0v) is 12.2. The Balaban J connectivity index is 2.07. The molecule has 2 rings (SSSR count). The molecular weight excluding hydrogens is 238 g/mol. The van der Waals surface area contributed by atoms with Crippen LogP contribution in [0.5, 0.6) is 0 Å². The topological polar surface area (TPSA) is 47.7 Å². The van der Waals surface area contributed by atoms with Gasteiger partial charge in [0.25, 0.3) is 0 Å². The summed E-state index contributed by atoms with van der Waals surface area (Å²) in [5.74, 6) is 0. The summed E-state index contributed by atoms with van der Waals surface area (Å²) in [5.41, 5.74) is 3.63. The molecule has 0 aliphatic carbocycles. The van der Waals surface area contributed by atoms with Crippen LogP contribution in [0.1, 0.15) is 36.3 Å². The molecule has 19 heavy (non-hydrogen) atoms. The molecule has 0 saturated carbocycles. The molecule has 0 aliphatic heterocycles. The van der Waals surface area contributed by atoms with Gasteiger partial charge in [0.2, 0.25) is 0 Å². The summed E-state index contributed by atoms with van der Waals surface area (Å²) >= 11 is 0. The van der Waals surface area contributed by atoms with E-state index >= 15 is 0 Å². The summed E-state index contributed by atoms with van der Waals surface area (Å²) in [6.45, 7) is 5.08. The Hall–Kier alpha value is -1.62. The van der Waals surface area contributed by atoms with Crippen molar-refractivity contribution in [1.82, 2.24) is 24.9 Å². The van der Waals surface area contributed by atoms with E-state index in [1.807, 2.05) is 31.9 Å². The first-order chi connectivity index (χ1) is 9.13. The Morgan fingerprint density at radius 1 is 1.42 bits per heavy atom. The Kier molecular flexibility index (Phi) is 4.37. The maximum atomic E-state index is 4.52. The quantitative estimate of drug-likeness (QED) is 0.863. The van der Waals surface area contributed by atoms with Crippen LogP contribution in [0, 0.1) is 6.92 Å². The molecule has 0 spiro atoms. The largest absolute Gasteiger partial charge is 0.312 e. The molecule has 2 aromatic rings. The summed E-state index contributed by atoms with van der Waals surface area (Å²) < 4.78 is 3.93. The summed E-state index contributed by atoms with van der Waals surface area (Å²) in [6.07, 6.45) is 6.09. The number of hydrogen-bond acceptors (Lipinski definition) is 3. The molecule has 0 aromatic carbocycles. The van der Waals surface area contributed by atoms with Crippen molar-refractivity contribution in [3.8, 4) is 0 Å². The van der Waals surface area contributed by atoms with Gasteiger partial charge in [-0.2, -0.15) is 10.2 Å². The number of aryl methyl sites for hydroxylation is 4. The second kappa shape index (κ2) is 6.02. The van der Waals surface area contributed by atoms with Gasteiger partial charge in [-0.3, -0.25) is 9.36 Å². The van der Waals surface area contributed by atoms with Gasteiger partial charge >= 0.3 is 0 Å². The molecular formula is C14H23N5. The van der Waals surface area contributed by atoms with Crippen molar-refractivity contribution >= 4 is 0 Å². The first-order valence-electron chi connectivity index (χ1n) is 6.83. The molecule has 0 aliphatic rings. The molecule has 2 aromatic heterocycles. The van der Waals surface area contributed by atoms with Crippen LogP contribution in [-0.2, 0) is 20.0 Å². The smallest absolute Gasteiger partial charge is 0.0597 e. The Morgan fingerprint density at radius 3 is 2.79 bits per heavy atom. The SMILES string of the molecule is CCn1nc(C)cc1C(CCc1cnn(C)c1)NC. The third-order valence-electron chi connectivity index (χ3n) is 3.42. The van der Waals surface area contributed by atoms with Gasteiger partial charge in [-0.15, -0.1) is 0 Å². The van der Waals surface area contributed by atoms with E-state index in [0.29, 0.717) is 6.04 Å². The van der Waals surface area contributed by atoms with Crippen LogP contribution in [0.3, 0.4) is 0 Å². The van der Waals surface area contributed by atoms with Crippen LogP contribution in [0.25, 0.3) is 0 Å². The van der Waals surface area contributed by atoms with Crippen molar-refractivity contribution in [3.05, 3.63) is 35.4 Å². The van der Waals surface area contributed by atoms with E-state index in [1.54, 1.807) is 0 Å². The lowest BCUT2D eigenvalue weighted by molar-refractivity contribution is 0.488. The maximum Gasteiger partial charge on any atom is 0.0597 e. The minimum Gasteiger partial charge on any atom is -0.312 e. The van der Waals surface area contributed by atoms with Crippen molar-refractivity contribution < 1.29 is 0 Å². The molecule has 0 radical (unpaired) electrons. The van der Waals surface area contributed by atoms with E-state index in [0.717, 1.165) is 25.1 Å². The van der Waals surface area contributed by atoms with Crippen molar-refractivity contribution in [2.24, 2.45) is 7.05 Å². The van der Waals surface area contributed by atoms with E-state index in [4.69, 9.17) is 0 Å². The van der Waals surface area contributed by atoms with Crippen molar-refractivity contribution in [1.29, 1.82) is 0 Å². The zero-order valence-electron chi connectivity index (χ0n) is 12.2. The van der Waals surface area contributed by atoms with Gasteiger partial charge in [-0.05, 0) is 45.4 Å². The highest BCUT2D eigenvalue weighted by Crippen LogP contribution is 2.20. The van der Waals surface area contributed by atoms with Crippen LogP contribution in [0.2, 0.25) is 0 Å². The van der Waals surface area contributed by atoms with Gasteiger partial charge in [0, 0.05) is 25.8 Å². The summed E-state index contributed by atoms with van der Waals surface area (Å²) in [7, 11) is 3.96. The lowest BCUT2D eigenvalue weighted by atomic mass is 10.0. The maximum absolute atomic E-state index is 4.52. The molecule has 0 fully saturated rings. The van der Waals surface area contributed by atoms with Crippen molar-refractivity contribution in [3.63, 3.8) is 0 Å². The molecule has 5 heteroatoms. The average Bonchev–Trinajstić information content (AvgIpc) is 2.96. The van der Waals surface area contributed by atoms with Gasteiger partial charge in [-0.1, -0.05) is 0 Å². The lowest BCUT2D eigenvalue weighted by Crippen LogP contribution is -2.20. The highest BCUT2D eigenvalue weighted by molar-refractivity contribution is 5.14. The minimum absolute atomic E-state index is 0.335. The highest BCUT2D eigenvalue weighted by Gasteiger charge is 2.15. The van der Waals surface area contributed by atoms with Gasteiger partial charge in [0.15, 0.2) is 0 Å². The Bertz CT molecular complexity index is 526. The predicted molar refractivity (Wildman–Crippen MR) is 76.0 cm³/mol. The fourth-order valence-electron chi connectivity index (χ4n) is 2.45. The third kappa shape index (κ3) is 3.23. The first kappa shape index (κ1) is 13.8. The predicted octanol–water partition coefficient (Wildman–Crippen LogP) is 1.84. The van der Waals surface area contributed by atoms with Gasteiger partial charge in [0.1, 0.15) is 0 Å². The van der Waals surface area contributed by atoms with E-state index in [1.165, 1.54) is 11.3 Å². The Morgan fingerprint density at radius 2 is 2.21 bits per heavy atom. The number of nitrogens with zero attached hydrogens (tertiary/aromatic N) is 4. The molecule has 104 valence electrons. The van der Waals surface area contributed by atoms with E-state index in [2.05, 4.69) is 39.4 Å². The molecule has 1 N–H and O–H groups in total. The Labute approximate surface area is 114 Å². The van der Waals surface area contributed by atoms with Gasteiger partial charge in [0.05, 0.1) is 17.6 Å². The summed E-state index contributed by atoms with van der Waals surface area (Å²) in [5, 5.41) is 12.1. The average molecular weight is 261 g/mol. The fourth-order valence-corrected chi connectivity index (χ4v) is 2.45. The van der Waals surface area contributed by atoms with Gasteiger partial charge in [-0.25, -0.2) is 0 Å². The van der Waals surface area contributed by atoms with Crippen LogP contribution in [0.4, 0.5) is 0 Å². The molecule has 2 heterocycles. The second-order valence-corrected chi connectivity index (χ2v) is 4.93. The van der Waals surface area contributed by atoms with Crippen molar-refractivity contribution in [2.45, 2.75) is 39.3 Å². The van der Waals surface area contributed by atoms with E-state index < -0.39 is 0 Å². The lowest BCUT2D eigenvalue weighted by Gasteiger charge is -2.17. The molecule has 5 nitrogen and oxygen atoms in total. The van der Waals surface area contributed by atoms with E-state index in [9.17, 15) is 0 Å². The second-order valence-electron chi connectivity index (χ2n) is 4.93. The molecule has 1 unspecified atom stereocenters. The fraction of sp³-hybridized carbons (Fsp3) is 0.571. The van der Waals surface area contributed by atoms with E-state index in [-0.39, 0.29) is 0 Å². The van der Waals surface area contributed by atoms with Crippen molar-refractivity contribution in [2.75, 3.05) is 7.05 Å². The number of hydrogen-bond donors (Lipinski definition) is 1. The van der Waals surface area contributed by atoms with Gasteiger partial charge < -0.3 is 5.32 Å². The van der Waals surface area contributed by atoms with Crippen LogP contribution in [0.15, 0.2) is 18.5 Å². The van der Waals surface area contributed by atoms with Crippen LogP contribution >= 0.6 is 0 Å². The zero-order chi connectivity index (χ0) is 13.8. The highest BCUT2D eigenvalue weighted by atomic mass is 15.3. The third-order valence-corrected chi connectivity index (χ3v) is 3.42. The number of aromatic nitrogens is 4. The summed E-state index contributed by atoms with van der Waals surface area (Å²) in [4.78, 5) is 0. The normalized spacial score (nSPS) is 12.8. The summed E-state index contributed by atoms with van der Waals surface area (Å²) in [6, 6.07) is 2.51. The van der Waals surface area contributed by atoms with Crippen LogP contribution in [-0.4, -0.2) is 26.6 Å². The molecule has 0 bridgehead atoms. The number of nitrogens with one attached hydrogen (secondary N) is 1.